The van der Waals surface area contributed by atoms with E-state index in [2.05, 4.69) is 10.3 Å². The first-order chi connectivity index (χ1) is 13.8. The molecule has 0 radical (unpaired) electrons. The van der Waals surface area contributed by atoms with Crippen LogP contribution >= 0.6 is 11.6 Å². The quantitative estimate of drug-likeness (QED) is 0.474. The van der Waals surface area contributed by atoms with E-state index >= 15 is 0 Å². The molecular formula is C19H22ClN3O5S. The van der Waals surface area contributed by atoms with Gasteiger partial charge in [0.15, 0.2) is 0 Å². The van der Waals surface area contributed by atoms with Gasteiger partial charge in [0, 0.05) is 30.4 Å². The van der Waals surface area contributed by atoms with Crippen LogP contribution in [0.5, 0.6) is 0 Å². The molecule has 0 unspecified atom stereocenters. The molecule has 1 heterocycles. The van der Waals surface area contributed by atoms with Gasteiger partial charge in [0.1, 0.15) is 18.3 Å². The minimum absolute atomic E-state index is 0.0107. The normalized spacial score (nSPS) is 11.3. The van der Waals surface area contributed by atoms with Crippen molar-refractivity contribution >= 4 is 33.5 Å². The summed E-state index contributed by atoms with van der Waals surface area (Å²) < 4.78 is 31.3. The Hall–Kier alpha value is -2.49. The number of carbonyl (C=O) groups excluding carboxylic acids is 2. The van der Waals surface area contributed by atoms with Crippen LogP contribution in [-0.4, -0.2) is 49.2 Å². The van der Waals surface area contributed by atoms with Crippen molar-refractivity contribution in [1.29, 1.82) is 0 Å². The summed E-state index contributed by atoms with van der Waals surface area (Å²) in [6, 6.07) is 8.79. The van der Waals surface area contributed by atoms with Crippen molar-refractivity contribution in [2.45, 2.75) is 25.3 Å². The minimum Gasteiger partial charge on any atom is -0.459 e. The molecule has 0 fully saturated rings. The number of rotatable bonds is 9. The molecular weight excluding hydrogens is 418 g/mol. The molecule has 2 aromatic rings. The molecule has 0 saturated heterocycles. The van der Waals surface area contributed by atoms with Crippen LogP contribution in [0.2, 0.25) is 5.15 Å². The van der Waals surface area contributed by atoms with E-state index in [9.17, 15) is 18.0 Å². The Morgan fingerprint density at radius 3 is 2.31 bits per heavy atom. The number of pyridine rings is 1. The number of nitrogens with zero attached hydrogens (tertiary/aromatic N) is 2. The molecule has 2 rings (SSSR count). The molecule has 1 aromatic carbocycles. The Balaban J connectivity index is 1.89. The molecule has 1 aromatic heterocycles. The third-order valence-corrected chi connectivity index (χ3v) is 6.33. The Morgan fingerprint density at radius 1 is 1.10 bits per heavy atom. The Morgan fingerprint density at radius 2 is 1.76 bits per heavy atom. The van der Waals surface area contributed by atoms with Gasteiger partial charge in [0.05, 0.1) is 4.90 Å². The molecule has 0 aliphatic carbocycles. The van der Waals surface area contributed by atoms with Crippen LogP contribution in [0.25, 0.3) is 0 Å². The van der Waals surface area contributed by atoms with E-state index in [1.54, 1.807) is 26.0 Å². The van der Waals surface area contributed by atoms with E-state index in [4.69, 9.17) is 16.3 Å². The lowest BCUT2D eigenvalue weighted by atomic mass is 10.2. The highest BCUT2D eigenvalue weighted by Crippen LogP contribution is 2.16. The third kappa shape index (κ3) is 6.25. The van der Waals surface area contributed by atoms with Gasteiger partial charge in [0.2, 0.25) is 10.0 Å². The fourth-order valence-electron chi connectivity index (χ4n) is 2.45. The van der Waals surface area contributed by atoms with E-state index in [-0.39, 0.29) is 23.6 Å². The average Bonchev–Trinajstić information content (AvgIpc) is 2.72. The number of amides is 1. The van der Waals surface area contributed by atoms with Crippen LogP contribution in [0.3, 0.4) is 0 Å². The fraction of sp³-hybridized carbons (Fsp3) is 0.316. The summed E-state index contributed by atoms with van der Waals surface area (Å²) in [5.74, 6) is -1.13. The number of hydrogen-bond acceptors (Lipinski definition) is 6. The summed E-state index contributed by atoms with van der Waals surface area (Å²) in [4.78, 5) is 27.9. The lowest BCUT2D eigenvalue weighted by molar-refractivity contribution is -0.143. The van der Waals surface area contributed by atoms with Gasteiger partial charge >= 0.3 is 5.97 Å². The van der Waals surface area contributed by atoms with Crippen molar-refractivity contribution in [3.05, 3.63) is 58.9 Å². The zero-order valence-corrected chi connectivity index (χ0v) is 17.7. The first-order valence-corrected chi connectivity index (χ1v) is 10.7. The number of halogens is 1. The minimum atomic E-state index is -3.59. The topological polar surface area (TPSA) is 106 Å². The van der Waals surface area contributed by atoms with Crippen LogP contribution < -0.4 is 5.32 Å². The summed E-state index contributed by atoms with van der Waals surface area (Å²) in [5.41, 5.74) is 0.900. The van der Waals surface area contributed by atoms with Gasteiger partial charge < -0.3 is 10.1 Å². The Labute approximate surface area is 174 Å². The molecule has 156 valence electrons. The molecule has 8 nitrogen and oxygen atoms in total. The molecule has 0 atom stereocenters. The molecule has 0 aliphatic rings. The zero-order chi connectivity index (χ0) is 21.4. The van der Waals surface area contributed by atoms with Crippen molar-refractivity contribution in [2.75, 3.05) is 19.6 Å². The monoisotopic (exact) mass is 439 g/mol. The highest BCUT2D eigenvalue weighted by molar-refractivity contribution is 7.89. The van der Waals surface area contributed by atoms with Crippen molar-refractivity contribution < 1.29 is 22.7 Å². The van der Waals surface area contributed by atoms with Crippen molar-refractivity contribution in [1.82, 2.24) is 14.6 Å². The Bertz CT molecular complexity index is 943. The number of ether oxygens (including phenoxy) is 1. The molecule has 0 spiro atoms. The lowest BCUT2D eigenvalue weighted by Gasteiger charge is -2.18. The van der Waals surface area contributed by atoms with Crippen molar-refractivity contribution in [3.8, 4) is 0 Å². The number of sulfonamides is 1. The van der Waals surface area contributed by atoms with Crippen LogP contribution in [0.15, 0.2) is 47.5 Å². The standard InChI is InChI=1S/C19H22ClN3O5S/c1-3-23(4-2)29(26,27)16-8-6-15(7-9-16)19(25)22-12-18(24)28-13-14-5-10-17(20)21-11-14/h5-11H,3-4,12-13H2,1-2H3,(H,22,25). The van der Waals surface area contributed by atoms with Crippen LogP contribution in [0.4, 0.5) is 0 Å². The van der Waals surface area contributed by atoms with Gasteiger partial charge in [-0.15, -0.1) is 0 Å². The zero-order valence-electron chi connectivity index (χ0n) is 16.1. The molecule has 10 heteroatoms. The van der Waals surface area contributed by atoms with E-state index in [0.717, 1.165) is 0 Å². The molecule has 29 heavy (non-hydrogen) atoms. The summed E-state index contributed by atoms with van der Waals surface area (Å²) in [6.45, 7) is 3.91. The SMILES string of the molecule is CCN(CC)S(=O)(=O)c1ccc(C(=O)NCC(=O)OCc2ccc(Cl)nc2)cc1. The summed E-state index contributed by atoms with van der Waals surface area (Å²) in [6.07, 6.45) is 1.49. The van der Waals surface area contributed by atoms with E-state index in [0.29, 0.717) is 23.8 Å². The van der Waals surface area contributed by atoms with Gasteiger partial charge in [-0.1, -0.05) is 31.5 Å². The van der Waals surface area contributed by atoms with Gasteiger partial charge in [-0.25, -0.2) is 13.4 Å². The van der Waals surface area contributed by atoms with E-state index in [1.165, 1.54) is 34.8 Å². The Kier molecular flexibility index (Phi) is 8.12. The number of hydrogen-bond donors (Lipinski definition) is 1. The fourth-order valence-corrected chi connectivity index (χ4v) is 4.02. The summed E-state index contributed by atoms with van der Waals surface area (Å²) >= 11 is 5.68. The highest BCUT2D eigenvalue weighted by atomic mass is 35.5. The van der Waals surface area contributed by atoms with E-state index in [1.807, 2.05) is 0 Å². The number of esters is 1. The number of carbonyl (C=O) groups is 2. The predicted molar refractivity (Wildman–Crippen MR) is 108 cm³/mol. The molecule has 1 N–H and O–H groups in total. The van der Waals surface area contributed by atoms with Gasteiger partial charge in [0.25, 0.3) is 5.91 Å². The maximum Gasteiger partial charge on any atom is 0.325 e. The van der Waals surface area contributed by atoms with Crippen molar-refractivity contribution in [3.63, 3.8) is 0 Å². The first-order valence-electron chi connectivity index (χ1n) is 8.92. The smallest absolute Gasteiger partial charge is 0.325 e. The van der Waals surface area contributed by atoms with Gasteiger partial charge in [-0.3, -0.25) is 9.59 Å². The van der Waals surface area contributed by atoms with Gasteiger partial charge in [-0.2, -0.15) is 4.31 Å². The number of nitrogens with one attached hydrogen (secondary N) is 1. The van der Waals surface area contributed by atoms with Crippen LogP contribution in [0, 0.1) is 0 Å². The van der Waals surface area contributed by atoms with Crippen LogP contribution in [0.1, 0.15) is 29.8 Å². The predicted octanol–water partition coefficient (Wildman–Crippen LogP) is 2.24. The summed E-state index contributed by atoms with van der Waals surface area (Å²) in [7, 11) is -3.59. The maximum atomic E-state index is 12.5. The molecule has 1 amide bonds. The van der Waals surface area contributed by atoms with Crippen molar-refractivity contribution in [2.24, 2.45) is 0 Å². The second-order valence-corrected chi connectivity index (χ2v) is 8.27. The third-order valence-electron chi connectivity index (χ3n) is 4.04. The summed E-state index contributed by atoms with van der Waals surface area (Å²) in [5, 5.41) is 2.77. The molecule has 0 saturated carbocycles. The largest absolute Gasteiger partial charge is 0.459 e. The second-order valence-electron chi connectivity index (χ2n) is 5.95. The number of aromatic nitrogens is 1. The van der Waals surface area contributed by atoms with Gasteiger partial charge in [-0.05, 0) is 30.3 Å². The molecule has 0 aliphatic heterocycles. The first kappa shape index (κ1) is 22.8. The molecule has 0 bridgehead atoms. The number of benzene rings is 1. The second kappa shape index (κ2) is 10.3. The van der Waals surface area contributed by atoms with E-state index < -0.39 is 21.9 Å². The van der Waals surface area contributed by atoms with Crippen LogP contribution in [-0.2, 0) is 26.2 Å². The average molecular weight is 440 g/mol. The highest BCUT2D eigenvalue weighted by Gasteiger charge is 2.21. The maximum absolute atomic E-state index is 12.5. The lowest BCUT2D eigenvalue weighted by Crippen LogP contribution is -2.31.